The van der Waals surface area contributed by atoms with Crippen molar-refractivity contribution in [1.29, 1.82) is 0 Å². The highest BCUT2D eigenvalue weighted by atomic mass is 16.6. The fourth-order valence-corrected chi connectivity index (χ4v) is 2.92. The van der Waals surface area contributed by atoms with Gasteiger partial charge < -0.3 is 9.15 Å². The lowest BCUT2D eigenvalue weighted by molar-refractivity contribution is -0.385. The maximum Gasteiger partial charge on any atom is 0.337 e. The lowest BCUT2D eigenvalue weighted by Crippen LogP contribution is -2.20. The van der Waals surface area contributed by atoms with Crippen LogP contribution in [0.4, 0.5) is 5.69 Å². The second-order valence-corrected chi connectivity index (χ2v) is 6.58. The van der Waals surface area contributed by atoms with Crippen LogP contribution in [0.5, 0.6) is 0 Å². The van der Waals surface area contributed by atoms with Crippen LogP contribution in [0, 0.1) is 17.0 Å². The Bertz CT molecular complexity index is 1170. The maximum atomic E-state index is 12.1. The van der Waals surface area contributed by atoms with E-state index in [1.807, 2.05) is 6.92 Å². The highest BCUT2D eigenvalue weighted by Crippen LogP contribution is 2.26. The molecular weight excluding hydrogens is 402 g/mol. The molecule has 0 fully saturated rings. The van der Waals surface area contributed by atoms with Crippen LogP contribution in [0.25, 0.3) is 11.3 Å². The number of nitro benzene ring substituents is 1. The summed E-state index contributed by atoms with van der Waals surface area (Å²) >= 11 is 0. The first-order valence-electron chi connectivity index (χ1n) is 9.22. The van der Waals surface area contributed by atoms with Gasteiger partial charge in [0.1, 0.15) is 11.5 Å². The minimum absolute atomic E-state index is 0.123. The van der Waals surface area contributed by atoms with Gasteiger partial charge >= 0.3 is 5.97 Å². The van der Waals surface area contributed by atoms with Crippen LogP contribution in [0.1, 0.15) is 27.2 Å². The maximum absolute atomic E-state index is 12.1. The molecule has 0 saturated carbocycles. The van der Waals surface area contributed by atoms with Gasteiger partial charge in [0.15, 0.2) is 0 Å². The number of carbonyl (C=O) groups excluding carboxylic acids is 2. The van der Waals surface area contributed by atoms with Gasteiger partial charge in [0, 0.05) is 17.2 Å². The summed E-state index contributed by atoms with van der Waals surface area (Å²) in [6, 6.07) is 14.5. The van der Waals surface area contributed by atoms with Crippen LogP contribution < -0.4 is 5.43 Å². The molecule has 0 radical (unpaired) electrons. The summed E-state index contributed by atoms with van der Waals surface area (Å²) < 4.78 is 10.5. The van der Waals surface area contributed by atoms with Crippen molar-refractivity contribution in [1.82, 2.24) is 5.43 Å². The van der Waals surface area contributed by atoms with E-state index in [-0.39, 0.29) is 12.1 Å². The second kappa shape index (κ2) is 9.49. The van der Waals surface area contributed by atoms with Crippen molar-refractivity contribution in [2.24, 2.45) is 5.10 Å². The molecule has 0 atom stereocenters. The molecule has 9 heteroatoms. The van der Waals surface area contributed by atoms with E-state index >= 15 is 0 Å². The zero-order chi connectivity index (χ0) is 22.4. The van der Waals surface area contributed by atoms with Gasteiger partial charge in [-0.05, 0) is 36.8 Å². The van der Waals surface area contributed by atoms with Crippen molar-refractivity contribution < 1.29 is 23.7 Å². The number of ether oxygens (including phenoxy) is 1. The number of furan rings is 1. The lowest BCUT2D eigenvalue weighted by Gasteiger charge is -2.05. The van der Waals surface area contributed by atoms with Gasteiger partial charge in [-0.25, -0.2) is 10.2 Å². The molecule has 1 heterocycles. The Balaban J connectivity index is 1.67. The van der Waals surface area contributed by atoms with E-state index in [9.17, 15) is 19.7 Å². The zero-order valence-electron chi connectivity index (χ0n) is 16.8. The number of hydrogen-bond donors (Lipinski definition) is 1. The topological polar surface area (TPSA) is 124 Å². The van der Waals surface area contributed by atoms with Crippen molar-refractivity contribution in [2.75, 3.05) is 7.11 Å². The van der Waals surface area contributed by atoms with E-state index in [0.717, 1.165) is 11.1 Å². The molecule has 1 amide bonds. The number of esters is 1. The Hall–Kier alpha value is -4.27. The van der Waals surface area contributed by atoms with E-state index in [2.05, 4.69) is 10.5 Å². The van der Waals surface area contributed by atoms with Crippen LogP contribution in [0.3, 0.4) is 0 Å². The summed E-state index contributed by atoms with van der Waals surface area (Å²) in [6.07, 6.45) is 1.14. The van der Waals surface area contributed by atoms with Gasteiger partial charge in [-0.2, -0.15) is 5.10 Å². The molecule has 0 bridgehead atoms. The summed E-state index contributed by atoms with van der Waals surface area (Å²) in [5, 5.41) is 14.9. The molecule has 0 unspecified atom stereocenters. The molecule has 3 rings (SSSR count). The third-order valence-corrected chi connectivity index (χ3v) is 4.47. The number of aryl methyl sites for hydroxylation is 1. The van der Waals surface area contributed by atoms with Crippen LogP contribution in [0.2, 0.25) is 0 Å². The SMILES string of the molecule is COC(=O)c1ccc(C)c(-c2ccc(/C=N/NC(=O)Cc3ccccc3[N+](=O)[O-])o2)c1. The molecule has 0 spiro atoms. The number of hydrogen-bond acceptors (Lipinski definition) is 7. The smallest absolute Gasteiger partial charge is 0.337 e. The Morgan fingerprint density at radius 2 is 1.97 bits per heavy atom. The molecule has 0 aliphatic carbocycles. The number of methoxy groups -OCH3 is 1. The number of nitrogens with one attached hydrogen (secondary N) is 1. The van der Waals surface area contributed by atoms with Crippen LogP contribution >= 0.6 is 0 Å². The first kappa shape index (κ1) is 21.4. The number of rotatable bonds is 7. The van der Waals surface area contributed by atoms with Gasteiger partial charge in [0.25, 0.3) is 5.69 Å². The van der Waals surface area contributed by atoms with E-state index in [1.54, 1.807) is 36.4 Å². The molecular formula is C22H19N3O6. The number of amides is 1. The molecule has 0 saturated heterocycles. The van der Waals surface area contributed by atoms with Crippen LogP contribution in [-0.2, 0) is 16.0 Å². The minimum Gasteiger partial charge on any atom is -0.465 e. The first-order chi connectivity index (χ1) is 14.9. The molecule has 158 valence electrons. The first-order valence-corrected chi connectivity index (χ1v) is 9.22. The molecule has 0 aliphatic heterocycles. The Kier molecular flexibility index (Phi) is 6.56. The molecule has 1 aromatic heterocycles. The van der Waals surface area contributed by atoms with E-state index in [1.165, 1.54) is 31.5 Å². The van der Waals surface area contributed by atoms with Crippen molar-refractivity contribution in [3.8, 4) is 11.3 Å². The summed E-state index contributed by atoms with van der Waals surface area (Å²) in [5.74, 6) is -0.0466. The third kappa shape index (κ3) is 5.21. The predicted molar refractivity (Wildman–Crippen MR) is 113 cm³/mol. The zero-order valence-corrected chi connectivity index (χ0v) is 16.8. The van der Waals surface area contributed by atoms with Gasteiger partial charge in [0.2, 0.25) is 5.91 Å². The summed E-state index contributed by atoms with van der Waals surface area (Å²) in [5.41, 5.74) is 4.53. The lowest BCUT2D eigenvalue weighted by atomic mass is 10.0. The fraction of sp³-hybridized carbons (Fsp3) is 0.136. The van der Waals surface area contributed by atoms with Crippen LogP contribution in [0.15, 0.2) is 64.1 Å². The average molecular weight is 421 g/mol. The number of para-hydroxylation sites is 1. The monoisotopic (exact) mass is 421 g/mol. The number of carbonyl (C=O) groups is 2. The molecule has 31 heavy (non-hydrogen) atoms. The summed E-state index contributed by atoms with van der Waals surface area (Å²) in [6.45, 7) is 1.88. The second-order valence-electron chi connectivity index (χ2n) is 6.58. The van der Waals surface area contributed by atoms with Gasteiger partial charge in [0.05, 0.1) is 30.2 Å². The van der Waals surface area contributed by atoms with E-state index in [0.29, 0.717) is 22.6 Å². The summed E-state index contributed by atoms with van der Waals surface area (Å²) in [4.78, 5) is 34.3. The van der Waals surface area contributed by atoms with E-state index in [4.69, 9.17) is 9.15 Å². The minimum atomic E-state index is -0.534. The molecule has 1 N–H and O–H groups in total. The number of nitro groups is 1. The van der Waals surface area contributed by atoms with E-state index < -0.39 is 16.8 Å². The van der Waals surface area contributed by atoms with Crippen molar-refractivity contribution in [2.45, 2.75) is 13.3 Å². The van der Waals surface area contributed by atoms with Crippen molar-refractivity contribution in [3.63, 3.8) is 0 Å². The normalized spacial score (nSPS) is 10.8. The Morgan fingerprint density at radius 3 is 2.71 bits per heavy atom. The van der Waals surface area contributed by atoms with Gasteiger partial charge in [-0.3, -0.25) is 14.9 Å². The predicted octanol–water partition coefficient (Wildman–Crippen LogP) is 3.64. The highest BCUT2D eigenvalue weighted by molar-refractivity contribution is 5.91. The molecule has 9 nitrogen and oxygen atoms in total. The standard InChI is InChI=1S/C22H19N3O6/c1-14-7-8-16(22(27)30-2)11-18(14)20-10-9-17(31-20)13-23-24-21(26)12-15-5-3-4-6-19(15)25(28)29/h3-11,13H,12H2,1-2H3,(H,24,26)/b23-13+. The molecule has 0 aliphatic rings. The summed E-state index contributed by atoms with van der Waals surface area (Å²) in [7, 11) is 1.31. The van der Waals surface area contributed by atoms with Gasteiger partial charge in [-0.1, -0.05) is 24.3 Å². The van der Waals surface area contributed by atoms with Gasteiger partial charge in [-0.15, -0.1) is 0 Å². The van der Waals surface area contributed by atoms with Crippen molar-refractivity contribution in [3.05, 3.63) is 87.2 Å². The molecule has 2 aromatic carbocycles. The Labute approximate surface area is 177 Å². The molecule has 3 aromatic rings. The number of nitrogens with zero attached hydrogens (tertiary/aromatic N) is 2. The largest absolute Gasteiger partial charge is 0.465 e. The average Bonchev–Trinajstić information content (AvgIpc) is 3.22. The quantitative estimate of drug-likeness (QED) is 0.269. The fourth-order valence-electron chi connectivity index (χ4n) is 2.92. The van der Waals surface area contributed by atoms with Crippen LogP contribution in [-0.4, -0.2) is 30.1 Å². The number of benzene rings is 2. The third-order valence-electron chi connectivity index (χ3n) is 4.47. The Morgan fingerprint density at radius 1 is 1.19 bits per heavy atom. The highest BCUT2D eigenvalue weighted by Gasteiger charge is 2.15. The number of hydrazone groups is 1. The van der Waals surface area contributed by atoms with Crippen molar-refractivity contribution >= 4 is 23.8 Å².